The second-order valence-corrected chi connectivity index (χ2v) is 5.33. The summed E-state index contributed by atoms with van der Waals surface area (Å²) in [6.45, 7) is 0. The van der Waals surface area contributed by atoms with E-state index in [2.05, 4.69) is 25.6 Å². The van der Waals surface area contributed by atoms with E-state index in [4.69, 9.17) is 0 Å². The van der Waals surface area contributed by atoms with Crippen molar-refractivity contribution in [3.8, 4) is 11.4 Å². The molecular weight excluding hydrogens is 304 g/mol. The third-order valence-electron chi connectivity index (χ3n) is 3.73. The highest BCUT2D eigenvalue weighted by molar-refractivity contribution is 6.10. The van der Waals surface area contributed by atoms with Crippen molar-refractivity contribution < 1.29 is 4.79 Å². The van der Waals surface area contributed by atoms with E-state index in [-0.39, 0.29) is 5.91 Å². The molecule has 7 heteroatoms. The minimum Gasteiger partial charge on any atom is -0.305 e. The van der Waals surface area contributed by atoms with E-state index in [1.54, 1.807) is 24.0 Å². The van der Waals surface area contributed by atoms with Gasteiger partial charge < -0.3 is 5.32 Å². The number of aryl methyl sites for hydroxylation is 1. The maximum absolute atomic E-state index is 12.5. The number of benzene rings is 1. The van der Waals surface area contributed by atoms with Crippen LogP contribution in [0, 0.1) is 0 Å². The molecule has 0 unspecified atom stereocenters. The summed E-state index contributed by atoms with van der Waals surface area (Å²) in [6, 6.07) is 14.9. The first-order valence-electron chi connectivity index (χ1n) is 7.42. The van der Waals surface area contributed by atoms with Gasteiger partial charge in [0.15, 0.2) is 5.69 Å². The first kappa shape index (κ1) is 14.1. The molecule has 0 aliphatic rings. The predicted octanol–water partition coefficient (Wildman–Crippen LogP) is 2.61. The van der Waals surface area contributed by atoms with Crippen LogP contribution < -0.4 is 5.32 Å². The minimum atomic E-state index is -0.289. The van der Waals surface area contributed by atoms with Crippen LogP contribution in [0.2, 0.25) is 0 Å². The van der Waals surface area contributed by atoms with Gasteiger partial charge >= 0.3 is 0 Å². The molecule has 1 aromatic carbocycles. The summed E-state index contributed by atoms with van der Waals surface area (Å²) in [4.78, 5) is 16.8. The summed E-state index contributed by atoms with van der Waals surface area (Å²) in [5.41, 5.74) is 2.62. The van der Waals surface area contributed by atoms with Crippen LogP contribution in [0.5, 0.6) is 0 Å². The van der Waals surface area contributed by atoms with Crippen LogP contribution in [0.3, 0.4) is 0 Å². The first-order valence-corrected chi connectivity index (χ1v) is 7.42. The highest BCUT2D eigenvalue weighted by Gasteiger charge is 2.16. The smallest absolute Gasteiger partial charge is 0.277 e. The van der Waals surface area contributed by atoms with E-state index >= 15 is 0 Å². The molecule has 2 N–H and O–H groups in total. The molecule has 3 heterocycles. The number of pyridine rings is 1. The van der Waals surface area contributed by atoms with Crippen LogP contribution in [0.1, 0.15) is 10.5 Å². The van der Waals surface area contributed by atoms with Gasteiger partial charge in [0.05, 0.1) is 11.2 Å². The minimum absolute atomic E-state index is 0.289. The number of rotatable bonds is 3. The van der Waals surface area contributed by atoms with Crippen molar-refractivity contribution >= 4 is 22.6 Å². The van der Waals surface area contributed by atoms with Crippen LogP contribution in [-0.2, 0) is 7.05 Å². The fraction of sp³-hybridized carbons (Fsp3) is 0.0588. The van der Waals surface area contributed by atoms with E-state index in [9.17, 15) is 4.79 Å². The third kappa shape index (κ3) is 2.41. The van der Waals surface area contributed by atoms with E-state index in [1.165, 1.54) is 0 Å². The number of amides is 1. The van der Waals surface area contributed by atoms with Crippen molar-refractivity contribution in [3.05, 3.63) is 60.4 Å². The molecule has 4 aromatic rings. The number of nitrogens with zero attached hydrogens (tertiary/aromatic N) is 4. The molecule has 0 aliphatic heterocycles. The summed E-state index contributed by atoms with van der Waals surface area (Å²) < 4.78 is 1.61. The average Bonchev–Trinajstić information content (AvgIpc) is 3.20. The van der Waals surface area contributed by atoms with Gasteiger partial charge in [0.1, 0.15) is 11.5 Å². The lowest BCUT2D eigenvalue weighted by molar-refractivity contribution is 0.102. The Balaban J connectivity index is 1.64. The Morgan fingerprint density at radius 2 is 1.96 bits per heavy atom. The fourth-order valence-corrected chi connectivity index (χ4v) is 2.54. The third-order valence-corrected chi connectivity index (χ3v) is 3.73. The molecule has 0 spiro atoms. The number of aromatic nitrogens is 5. The van der Waals surface area contributed by atoms with Crippen molar-refractivity contribution in [1.29, 1.82) is 0 Å². The standard InChI is InChI=1S/C17H14N6O/c1-23-15(10-14(22-23)13-8-4-5-9-18-13)19-17(24)16-11-6-2-3-7-12(11)20-21-16/h2-10H,1H3,(H,19,24)(H,20,21). The van der Waals surface area contributed by atoms with Crippen molar-refractivity contribution in [2.45, 2.75) is 0 Å². The highest BCUT2D eigenvalue weighted by Crippen LogP contribution is 2.21. The van der Waals surface area contributed by atoms with Gasteiger partial charge in [-0.2, -0.15) is 10.2 Å². The second-order valence-electron chi connectivity index (χ2n) is 5.33. The Kier molecular flexibility index (Phi) is 3.31. The Morgan fingerprint density at radius 3 is 2.79 bits per heavy atom. The van der Waals surface area contributed by atoms with E-state index in [1.807, 2.05) is 42.5 Å². The quantitative estimate of drug-likeness (QED) is 0.608. The van der Waals surface area contributed by atoms with Crippen LogP contribution >= 0.6 is 0 Å². The molecule has 118 valence electrons. The zero-order valence-electron chi connectivity index (χ0n) is 12.9. The molecule has 4 rings (SSSR count). The van der Waals surface area contributed by atoms with E-state index in [0.717, 1.165) is 16.6 Å². The number of carbonyl (C=O) groups excluding carboxylic acids is 1. The van der Waals surface area contributed by atoms with E-state index in [0.29, 0.717) is 17.2 Å². The van der Waals surface area contributed by atoms with Gasteiger partial charge in [-0.15, -0.1) is 0 Å². The van der Waals surface area contributed by atoms with Gasteiger partial charge in [0.2, 0.25) is 0 Å². The summed E-state index contributed by atoms with van der Waals surface area (Å²) in [6.07, 6.45) is 1.71. The number of hydrogen-bond donors (Lipinski definition) is 2. The normalized spacial score (nSPS) is 10.9. The molecule has 0 atom stereocenters. The van der Waals surface area contributed by atoms with Crippen molar-refractivity contribution in [3.63, 3.8) is 0 Å². The van der Waals surface area contributed by atoms with Crippen LogP contribution in [-0.4, -0.2) is 30.9 Å². The molecule has 0 bridgehead atoms. The summed E-state index contributed by atoms with van der Waals surface area (Å²) in [5.74, 6) is 0.288. The maximum Gasteiger partial charge on any atom is 0.277 e. The first-order chi connectivity index (χ1) is 11.7. The second kappa shape index (κ2) is 5.62. The topological polar surface area (TPSA) is 88.5 Å². The SMILES string of the molecule is Cn1nc(-c2ccccn2)cc1NC(=O)c1n[nH]c2ccccc12. The number of H-pyrrole nitrogens is 1. The summed E-state index contributed by atoms with van der Waals surface area (Å²) in [5, 5.41) is 15.0. The van der Waals surface area contributed by atoms with Crippen molar-refractivity contribution in [2.75, 3.05) is 5.32 Å². The van der Waals surface area contributed by atoms with Gasteiger partial charge in [-0.25, -0.2) is 0 Å². The van der Waals surface area contributed by atoms with Gasteiger partial charge in [-0.05, 0) is 18.2 Å². The van der Waals surface area contributed by atoms with Crippen LogP contribution in [0.25, 0.3) is 22.3 Å². The van der Waals surface area contributed by atoms with Crippen LogP contribution in [0.4, 0.5) is 5.82 Å². The molecule has 1 amide bonds. The number of hydrogen-bond acceptors (Lipinski definition) is 4. The molecule has 0 aliphatic carbocycles. The Labute approximate surface area is 137 Å². The number of aromatic amines is 1. The molecule has 0 radical (unpaired) electrons. The molecule has 3 aromatic heterocycles. The van der Waals surface area contributed by atoms with Crippen LogP contribution in [0.15, 0.2) is 54.7 Å². The van der Waals surface area contributed by atoms with Gasteiger partial charge in [-0.3, -0.25) is 19.6 Å². The number of para-hydroxylation sites is 1. The summed E-state index contributed by atoms with van der Waals surface area (Å²) in [7, 11) is 1.77. The monoisotopic (exact) mass is 318 g/mol. The zero-order chi connectivity index (χ0) is 16.5. The van der Waals surface area contributed by atoms with Gasteiger partial charge in [0, 0.05) is 24.7 Å². The molecule has 0 saturated heterocycles. The zero-order valence-corrected chi connectivity index (χ0v) is 12.9. The number of carbonyl (C=O) groups is 1. The lowest BCUT2D eigenvalue weighted by Crippen LogP contribution is -2.15. The molecular formula is C17H14N6O. The largest absolute Gasteiger partial charge is 0.305 e. The Hall–Kier alpha value is -3.48. The highest BCUT2D eigenvalue weighted by atomic mass is 16.2. The maximum atomic E-state index is 12.5. The molecule has 24 heavy (non-hydrogen) atoms. The van der Waals surface area contributed by atoms with Crippen molar-refractivity contribution in [1.82, 2.24) is 25.0 Å². The fourth-order valence-electron chi connectivity index (χ4n) is 2.54. The van der Waals surface area contributed by atoms with Gasteiger partial charge in [-0.1, -0.05) is 24.3 Å². The van der Waals surface area contributed by atoms with Crippen molar-refractivity contribution in [2.24, 2.45) is 7.05 Å². The number of nitrogens with one attached hydrogen (secondary N) is 2. The van der Waals surface area contributed by atoms with E-state index < -0.39 is 0 Å². The molecule has 0 saturated carbocycles. The lowest BCUT2D eigenvalue weighted by Gasteiger charge is -2.02. The van der Waals surface area contributed by atoms with Gasteiger partial charge in [0.25, 0.3) is 5.91 Å². The number of fused-ring (bicyclic) bond motifs is 1. The predicted molar refractivity (Wildman–Crippen MR) is 90.5 cm³/mol. The lowest BCUT2D eigenvalue weighted by atomic mass is 10.2. The molecule has 0 fully saturated rings. The number of anilines is 1. The average molecular weight is 318 g/mol. The Bertz CT molecular complexity index is 1020. The Morgan fingerprint density at radius 1 is 1.12 bits per heavy atom. The molecule has 7 nitrogen and oxygen atoms in total. The summed E-state index contributed by atoms with van der Waals surface area (Å²) >= 11 is 0.